The summed E-state index contributed by atoms with van der Waals surface area (Å²) in [6.45, 7) is 0.804. The fourth-order valence-electron chi connectivity index (χ4n) is 1.85. The minimum absolute atomic E-state index is 0.319. The summed E-state index contributed by atoms with van der Waals surface area (Å²) in [5, 5.41) is 9.60. The molecule has 0 radical (unpaired) electrons. The molecule has 3 nitrogen and oxygen atoms in total. The number of fused-ring (bicyclic) bond motifs is 1. The Morgan fingerprint density at radius 1 is 1.39 bits per heavy atom. The zero-order valence-corrected chi connectivity index (χ0v) is 11.0. The van der Waals surface area contributed by atoms with Crippen LogP contribution >= 0.6 is 22.9 Å². The first-order valence-corrected chi connectivity index (χ1v) is 6.73. The van der Waals surface area contributed by atoms with E-state index >= 15 is 0 Å². The quantitative estimate of drug-likeness (QED) is 0.938. The van der Waals surface area contributed by atoms with E-state index in [0.717, 1.165) is 20.5 Å². The van der Waals surface area contributed by atoms with Crippen LogP contribution in [0.1, 0.15) is 16.5 Å². The smallest absolute Gasteiger partial charge is 0.129 e. The molecule has 0 spiro atoms. The number of hydrogen-bond donors (Lipinski definition) is 1. The van der Waals surface area contributed by atoms with E-state index in [-0.39, 0.29) is 0 Å². The molecule has 0 saturated heterocycles. The minimum atomic E-state index is -0.523. The number of hydrogen-bond acceptors (Lipinski definition) is 4. The Morgan fingerprint density at radius 3 is 3.06 bits per heavy atom. The molecule has 1 aromatic carbocycles. The normalized spacial score (nSPS) is 17.3. The summed E-state index contributed by atoms with van der Waals surface area (Å²) >= 11 is 7.35. The van der Waals surface area contributed by atoms with Crippen LogP contribution in [0.4, 0.5) is 0 Å². The van der Waals surface area contributed by atoms with Crippen molar-refractivity contribution in [1.82, 2.24) is 0 Å². The lowest BCUT2D eigenvalue weighted by Gasteiger charge is -2.06. The number of benzene rings is 1. The monoisotopic (exact) mass is 282 g/mol. The van der Waals surface area contributed by atoms with E-state index in [4.69, 9.17) is 21.1 Å². The fraction of sp³-hybridized carbons (Fsp3) is 0.231. The molecule has 5 heteroatoms. The van der Waals surface area contributed by atoms with Gasteiger partial charge < -0.3 is 14.6 Å². The van der Waals surface area contributed by atoms with Gasteiger partial charge >= 0.3 is 0 Å². The maximum atomic E-state index is 9.60. The van der Waals surface area contributed by atoms with Crippen LogP contribution in [0.3, 0.4) is 0 Å². The summed E-state index contributed by atoms with van der Waals surface area (Å²) in [6.07, 6.45) is -0.523. The molecule has 0 amide bonds. The predicted octanol–water partition coefficient (Wildman–Crippen LogP) is 3.41. The average molecular weight is 283 g/mol. The van der Waals surface area contributed by atoms with Crippen molar-refractivity contribution in [2.75, 3.05) is 6.61 Å². The molecule has 1 unspecified atom stereocenters. The molecule has 1 aliphatic rings. The first-order valence-electron chi connectivity index (χ1n) is 5.54. The van der Waals surface area contributed by atoms with Crippen molar-refractivity contribution < 1.29 is 14.6 Å². The van der Waals surface area contributed by atoms with E-state index in [0.29, 0.717) is 19.0 Å². The topological polar surface area (TPSA) is 38.7 Å². The molecule has 0 bridgehead atoms. The number of aliphatic hydroxyl groups is 1. The van der Waals surface area contributed by atoms with Crippen molar-refractivity contribution in [3.05, 3.63) is 45.1 Å². The molecule has 2 heterocycles. The maximum Gasteiger partial charge on any atom is 0.129 e. The molecule has 0 saturated carbocycles. The van der Waals surface area contributed by atoms with Gasteiger partial charge in [-0.2, -0.15) is 0 Å². The molecule has 94 valence electrons. The molecule has 1 aliphatic heterocycles. The Bertz CT molecular complexity index is 567. The Balaban J connectivity index is 1.70. The molecule has 0 aliphatic carbocycles. The van der Waals surface area contributed by atoms with Crippen molar-refractivity contribution in [2.45, 2.75) is 12.7 Å². The van der Waals surface area contributed by atoms with Gasteiger partial charge in [-0.25, -0.2) is 0 Å². The van der Waals surface area contributed by atoms with Crippen LogP contribution in [0, 0.1) is 0 Å². The van der Waals surface area contributed by atoms with Gasteiger partial charge in [0.2, 0.25) is 0 Å². The molecular formula is C13H11ClO3S. The van der Waals surface area contributed by atoms with Crippen LogP contribution < -0.4 is 9.47 Å². The lowest BCUT2D eigenvalue weighted by molar-refractivity contribution is 0.140. The third-order valence-electron chi connectivity index (χ3n) is 2.75. The van der Waals surface area contributed by atoms with Crippen LogP contribution in [-0.2, 0) is 6.61 Å². The van der Waals surface area contributed by atoms with Gasteiger partial charge in [0, 0.05) is 16.5 Å². The van der Waals surface area contributed by atoms with E-state index in [2.05, 4.69) is 0 Å². The molecule has 1 atom stereocenters. The third-order valence-corrected chi connectivity index (χ3v) is 3.96. The second-order valence-corrected chi connectivity index (χ2v) is 5.82. The highest BCUT2D eigenvalue weighted by Crippen LogP contribution is 2.35. The molecule has 2 aromatic rings. The molecule has 18 heavy (non-hydrogen) atoms. The van der Waals surface area contributed by atoms with Crippen LogP contribution in [0.15, 0.2) is 30.3 Å². The lowest BCUT2D eigenvalue weighted by Crippen LogP contribution is -1.97. The second kappa shape index (κ2) is 4.80. The highest BCUT2D eigenvalue weighted by molar-refractivity contribution is 7.16. The summed E-state index contributed by atoms with van der Waals surface area (Å²) in [6, 6.07) is 9.28. The molecule has 3 rings (SSSR count). The predicted molar refractivity (Wildman–Crippen MR) is 70.6 cm³/mol. The van der Waals surface area contributed by atoms with Crippen LogP contribution in [-0.4, -0.2) is 11.7 Å². The Kier molecular flexibility index (Phi) is 3.16. The highest BCUT2D eigenvalue weighted by Gasteiger charge is 2.21. The maximum absolute atomic E-state index is 9.60. The Morgan fingerprint density at radius 2 is 2.28 bits per heavy atom. The van der Waals surface area contributed by atoms with Crippen molar-refractivity contribution in [3.8, 4) is 11.5 Å². The van der Waals surface area contributed by atoms with Gasteiger partial charge in [-0.05, 0) is 24.3 Å². The van der Waals surface area contributed by atoms with Crippen molar-refractivity contribution in [2.24, 2.45) is 0 Å². The van der Waals surface area contributed by atoms with Gasteiger partial charge in [0.1, 0.15) is 30.8 Å². The van der Waals surface area contributed by atoms with Crippen molar-refractivity contribution >= 4 is 22.9 Å². The first-order chi connectivity index (χ1) is 8.72. The summed E-state index contributed by atoms with van der Waals surface area (Å²) in [7, 11) is 0. The SMILES string of the molecule is OC1COc2cc(OCc3ccc(Cl)s3)ccc21. The van der Waals surface area contributed by atoms with Crippen LogP contribution in [0.5, 0.6) is 11.5 Å². The zero-order chi connectivity index (χ0) is 12.5. The summed E-state index contributed by atoms with van der Waals surface area (Å²) in [5.41, 5.74) is 0.821. The molecular weight excluding hydrogens is 272 g/mol. The fourth-order valence-corrected chi connectivity index (χ4v) is 2.85. The van der Waals surface area contributed by atoms with Crippen molar-refractivity contribution in [1.29, 1.82) is 0 Å². The van der Waals surface area contributed by atoms with Gasteiger partial charge in [-0.15, -0.1) is 11.3 Å². The van der Waals surface area contributed by atoms with Crippen LogP contribution in [0.2, 0.25) is 4.34 Å². The Hall–Kier alpha value is -1.23. The highest BCUT2D eigenvalue weighted by atomic mass is 35.5. The van der Waals surface area contributed by atoms with Gasteiger partial charge in [0.05, 0.1) is 4.34 Å². The average Bonchev–Trinajstić information content (AvgIpc) is 2.94. The molecule has 1 N–H and O–H groups in total. The van der Waals surface area contributed by atoms with E-state index in [1.165, 1.54) is 11.3 Å². The van der Waals surface area contributed by atoms with Gasteiger partial charge in [-0.3, -0.25) is 0 Å². The van der Waals surface area contributed by atoms with Gasteiger partial charge in [0.25, 0.3) is 0 Å². The number of ether oxygens (including phenoxy) is 2. The number of thiophene rings is 1. The lowest BCUT2D eigenvalue weighted by atomic mass is 10.1. The summed E-state index contributed by atoms with van der Waals surface area (Å²) in [4.78, 5) is 1.07. The van der Waals surface area contributed by atoms with Gasteiger partial charge in [-0.1, -0.05) is 11.6 Å². The standard InChI is InChI=1S/C13H11ClO3S/c14-13-4-2-9(18-13)6-16-8-1-3-10-11(15)7-17-12(10)5-8/h1-5,11,15H,6-7H2. The zero-order valence-electron chi connectivity index (χ0n) is 9.43. The van der Waals surface area contributed by atoms with Gasteiger partial charge in [0.15, 0.2) is 0 Å². The number of halogens is 1. The number of aliphatic hydroxyl groups excluding tert-OH is 1. The van der Waals surface area contributed by atoms with Crippen LogP contribution in [0.25, 0.3) is 0 Å². The number of rotatable bonds is 3. The first kappa shape index (κ1) is 11.8. The largest absolute Gasteiger partial charge is 0.490 e. The second-order valence-electron chi connectivity index (χ2n) is 4.02. The molecule has 0 fully saturated rings. The van der Waals surface area contributed by atoms with E-state index < -0.39 is 6.10 Å². The van der Waals surface area contributed by atoms with E-state index in [9.17, 15) is 5.11 Å². The summed E-state index contributed by atoms with van der Waals surface area (Å²) < 4.78 is 11.8. The minimum Gasteiger partial charge on any atom is -0.490 e. The summed E-state index contributed by atoms with van der Waals surface area (Å²) in [5.74, 6) is 1.43. The van der Waals surface area contributed by atoms with Crippen molar-refractivity contribution in [3.63, 3.8) is 0 Å². The Labute approximate surface area is 114 Å². The third kappa shape index (κ3) is 2.32. The van der Waals surface area contributed by atoms with E-state index in [1.54, 1.807) is 6.07 Å². The molecule has 1 aromatic heterocycles. The van der Waals surface area contributed by atoms with E-state index in [1.807, 2.05) is 24.3 Å².